The van der Waals surface area contributed by atoms with Crippen molar-refractivity contribution in [2.24, 2.45) is 0 Å². The topological polar surface area (TPSA) is 9.23 Å². The molecule has 0 aromatic heterocycles. The van der Waals surface area contributed by atoms with Gasteiger partial charge in [-0.3, -0.25) is 0 Å². The van der Waals surface area contributed by atoms with Crippen LogP contribution in [0.4, 0.5) is 105 Å². The molecule has 12 aromatic carbocycles. The Morgan fingerprint density at radius 3 is 0.640 bits per heavy atom. The Hall–Kier alpha value is -10.1. The van der Waals surface area contributed by atoms with Gasteiger partial charge in [-0.1, -0.05) is 208 Å². The van der Waals surface area contributed by atoms with E-state index in [0.717, 1.165) is 22.6 Å². The summed E-state index contributed by atoms with van der Waals surface area (Å²) >= 11 is 0. The average Bonchev–Trinajstić information content (AvgIpc) is 0.706. The van der Waals surface area contributed by atoms with Gasteiger partial charge in [-0.25, -0.2) is 0 Å². The first kappa shape index (κ1) is 86.3. The van der Waals surface area contributed by atoms with Crippen molar-refractivity contribution in [2.45, 2.75) is 68.7 Å². The van der Waals surface area contributed by atoms with Crippen molar-refractivity contribution in [3.05, 3.63) is 358 Å². The Labute approximate surface area is 651 Å². The summed E-state index contributed by atoms with van der Waals surface area (Å²) in [6.45, 7) is 4.71. The molecule has 0 bridgehead atoms. The first-order chi connectivity index (χ1) is 52.8. The van der Waals surface area contributed by atoms with Crippen LogP contribution < -0.4 is 58.4 Å². The number of halogens is 24. The van der Waals surface area contributed by atoms with E-state index in [4.69, 9.17) is 4.74 Å². The van der Waals surface area contributed by atoms with Gasteiger partial charge in [0.1, 0.15) is 53.8 Å². The molecule has 0 saturated carbocycles. The standard InChI is InChI=1S/C39H32OP2.C32H12BF24.C14H10.Rh/c1-39(2)33-25-15-27-35(41(29-17-7-3-8-18-29)30-19-9-4-10-20-30)37(33)40-38-34(39)26-16-28-36(38)42(31-21-11-5-12-22-31)32-23-13-6-14-24-32;34-25(35,36)13-1-14(26(37,38)39)6-21(5-13)33(22-7-15(27(40,41)42)2-16(8-22)28(43,44)45,23-9-17(29(46,47)48)3-18(10-23)30(49,50)51)24-11-19(31(52,53)54)4-20(12-24)32(55,56)57;1-3-7-13(8-4-1)11-12-14-9-5-2-6-10-14;/h3-28H,1-2H3;1-12H;1-10H;/q;-1;;/p+2. The van der Waals surface area contributed by atoms with Crippen LogP contribution in [-0.4, -0.2) is 6.15 Å². The molecule has 0 spiro atoms. The largest absolute Gasteiger partial charge is 0.448 e. The smallest absolute Gasteiger partial charge is 0.416 e. The molecule has 591 valence electrons. The van der Waals surface area contributed by atoms with Crippen LogP contribution in [0.2, 0.25) is 0 Å². The molecule has 1 nitrogen and oxygen atoms in total. The predicted octanol–water partition coefficient (Wildman–Crippen LogP) is 21.4. The minimum Gasteiger partial charge on any atom is -0.448 e. The van der Waals surface area contributed by atoms with Crippen molar-refractivity contribution in [3.8, 4) is 23.3 Å². The minimum atomic E-state index is -6.13. The van der Waals surface area contributed by atoms with Gasteiger partial charge < -0.3 is 4.74 Å². The maximum Gasteiger partial charge on any atom is 0.416 e. The van der Waals surface area contributed by atoms with E-state index < -0.39 is 211 Å². The van der Waals surface area contributed by atoms with E-state index in [1.807, 2.05) is 60.7 Å². The molecular weight excluding hydrogens is 1670 g/mol. The summed E-state index contributed by atoms with van der Waals surface area (Å²) in [5.41, 5.74) is -25.8. The van der Waals surface area contributed by atoms with Crippen LogP contribution in [0.15, 0.2) is 291 Å². The Balaban J connectivity index is 0.000000209. The molecule has 1 aliphatic rings. The Morgan fingerprint density at radius 2 is 0.447 bits per heavy atom. The second-order valence-corrected chi connectivity index (χ2v) is 31.4. The predicted molar refractivity (Wildman–Crippen MR) is 394 cm³/mol. The fourth-order valence-corrected chi connectivity index (χ4v) is 18.9. The number of para-hydroxylation sites is 2. The monoisotopic (exact) mass is 1720 g/mol. The fraction of sp³-hybridized carbons (Fsp3) is 0.129. The molecule has 12 aromatic rings. The van der Waals surface area contributed by atoms with Crippen LogP contribution in [0, 0.1) is 11.8 Å². The van der Waals surface area contributed by atoms with Crippen molar-refractivity contribution in [1.82, 2.24) is 0 Å². The second kappa shape index (κ2) is 33.4. The Morgan fingerprint density at radius 1 is 0.254 bits per heavy atom. The van der Waals surface area contributed by atoms with Crippen LogP contribution in [0.25, 0.3) is 0 Å². The van der Waals surface area contributed by atoms with E-state index in [1.165, 1.54) is 43.0 Å². The van der Waals surface area contributed by atoms with Gasteiger partial charge >= 0.3 is 49.4 Å². The number of alkyl halides is 24. The molecule has 0 atom stereocenters. The molecule has 0 aliphatic carbocycles. The molecule has 1 radical (unpaired) electrons. The zero-order valence-corrected chi connectivity index (χ0v) is 62.2. The van der Waals surface area contributed by atoms with Crippen LogP contribution in [0.5, 0.6) is 11.5 Å². The molecule has 13 rings (SSSR count). The van der Waals surface area contributed by atoms with Crippen LogP contribution in [0.1, 0.15) is 80.6 Å². The van der Waals surface area contributed by atoms with Gasteiger partial charge in [-0.15, -0.1) is 0 Å². The molecule has 0 saturated heterocycles. The summed E-state index contributed by atoms with van der Waals surface area (Å²) in [7, 11) is -2.64. The number of fused-ring (bicyclic) bond motifs is 2. The molecule has 29 heteroatoms. The minimum absolute atomic E-state index is 0. The molecule has 1 heterocycles. The molecule has 0 amide bonds. The molecule has 0 fully saturated rings. The van der Waals surface area contributed by atoms with E-state index >= 15 is 0 Å². The Kier molecular flexibility index (Phi) is 25.3. The zero-order chi connectivity index (χ0) is 82.1. The van der Waals surface area contributed by atoms with E-state index in [9.17, 15) is 105 Å². The van der Waals surface area contributed by atoms with Gasteiger partial charge in [0.15, 0.2) is 11.5 Å². The summed E-state index contributed by atoms with van der Waals surface area (Å²) < 4.78 is 348. The molecule has 1 aliphatic heterocycles. The quantitative estimate of drug-likeness (QED) is 0.0574. The Bertz CT molecular complexity index is 4710. The van der Waals surface area contributed by atoms with Crippen molar-refractivity contribution < 1.29 is 130 Å². The number of hydrogen-bond acceptors (Lipinski definition) is 1. The van der Waals surface area contributed by atoms with Gasteiger partial charge in [-0.2, -0.15) is 127 Å². The maximum absolute atomic E-state index is 14.2. The maximum atomic E-state index is 14.2. The summed E-state index contributed by atoms with van der Waals surface area (Å²) in [5, 5.41) is 8.05. The van der Waals surface area contributed by atoms with Crippen molar-refractivity contribution in [3.63, 3.8) is 0 Å². The summed E-state index contributed by atoms with van der Waals surface area (Å²) in [4.78, 5) is 0. The number of hydrogen-bond donors (Lipinski definition) is 0. The number of rotatable bonds is 10. The van der Waals surface area contributed by atoms with Gasteiger partial charge in [0, 0.05) is 47.1 Å². The van der Waals surface area contributed by atoms with Gasteiger partial charge in [0.2, 0.25) is 0 Å². The SMILES string of the molecule is C(#Cc1ccccc1)c1ccccc1.CC1(C)c2cccc([PH+](c3ccccc3)c3ccccc3)c2Oc2c([PH+](c3ccccc3)c3ccccc3)cccc21.FC(F)(F)c1cc([B-](c2cc(C(F)(F)F)cc(C(F)(F)F)c2)(c2cc(C(F)(F)F)cc(C(F)(F)F)c2)c2cc(C(F)(F)F)cc(C(F)(F)F)c2)cc(C(F)(F)F)c1.[Rh]. The summed E-state index contributed by atoms with van der Waals surface area (Å²) in [5.74, 6) is 8.29. The van der Waals surface area contributed by atoms with E-state index in [0.29, 0.717) is 0 Å². The van der Waals surface area contributed by atoms with Crippen LogP contribution >= 0.6 is 15.8 Å². The average molecular weight is 1730 g/mol. The summed E-state index contributed by atoms with van der Waals surface area (Å²) in [6.07, 6.45) is -54.8. The van der Waals surface area contributed by atoms with E-state index in [2.05, 4.69) is 183 Å². The third-order valence-corrected chi connectivity index (χ3v) is 24.2. The first-order valence-electron chi connectivity index (χ1n) is 33.7. The fourth-order valence-electron chi connectivity index (χ4n) is 13.6. The van der Waals surface area contributed by atoms with E-state index in [1.54, 1.807) is 0 Å². The van der Waals surface area contributed by atoms with Gasteiger partial charge in [0.25, 0.3) is 0 Å². The third-order valence-electron chi connectivity index (χ3n) is 18.7. The molecule has 114 heavy (non-hydrogen) atoms. The van der Waals surface area contributed by atoms with Crippen LogP contribution in [0.3, 0.4) is 0 Å². The first-order valence-corrected chi connectivity index (χ1v) is 36.7. The van der Waals surface area contributed by atoms with Crippen molar-refractivity contribution in [1.29, 1.82) is 0 Å². The van der Waals surface area contributed by atoms with Crippen LogP contribution in [-0.2, 0) is 74.3 Å². The van der Waals surface area contributed by atoms with E-state index in [-0.39, 0.29) is 24.9 Å². The number of benzene rings is 12. The summed E-state index contributed by atoms with van der Waals surface area (Å²) in [6, 6.07) is 68.7. The van der Waals surface area contributed by atoms with Gasteiger partial charge in [0.05, 0.1) is 44.5 Å². The third kappa shape index (κ3) is 19.4. The molecule has 0 unspecified atom stereocenters. The molecule has 0 N–H and O–H groups in total. The number of ether oxygens (including phenoxy) is 1. The van der Waals surface area contributed by atoms with Crippen molar-refractivity contribution in [2.75, 3.05) is 0 Å². The zero-order valence-electron chi connectivity index (χ0n) is 58.6. The van der Waals surface area contributed by atoms with Crippen molar-refractivity contribution >= 4 is 75.7 Å². The molecular formula is C85H56BF24OP2Rh+. The second-order valence-electron chi connectivity index (χ2n) is 26.5. The van der Waals surface area contributed by atoms with Gasteiger partial charge in [-0.05, 0) is 109 Å². The normalized spacial score (nSPS) is 13.2.